The van der Waals surface area contributed by atoms with E-state index in [1.165, 1.54) is 88.6 Å². The smallest absolute Gasteiger partial charge is 0.0725 e. The normalized spacial score (nSPS) is 14.4. The Bertz CT molecular complexity index is 3370. The Kier molecular flexibility index (Phi) is 6.74. The van der Waals surface area contributed by atoms with Gasteiger partial charge in [0.1, 0.15) is 0 Å². The molecule has 0 N–H and O–H groups in total. The zero-order chi connectivity index (χ0) is 39.7. The van der Waals surface area contributed by atoms with Gasteiger partial charge in [-0.1, -0.05) is 166 Å². The van der Waals surface area contributed by atoms with Crippen molar-refractivity contribution in [2.75, 3.05) is 4.90 Å². The minimum Gasteiger partial charge on any atom is -0.310 e. The largest absolute Gasteiger partial charge is 0.310 e. The van der Waals surface area contributed by atoms with Crippen LogP contribution in [0.5, 0.6) is 0 Å². The van der Waals surface area contributed by atoms with Crippen molar-refractivity contribution in [2.45, 2.75) is 24.7 Å². The topological polar surface area (TPSA) is 8.17 Å². The number of hydrogen-bond acceptors (Lipinski definition) is 1. The van der Waals surface area contributed by atoms with Crippen LogP contribution in [0.3, 0.4) is 0 Å². The van der Waals surface area contributed by atoms with Crippen LogP contribution in [0.1, 0.15) is 47.2 Å². The Morgan fingerprint density at radius 2 is 0.750 bits per heavy atom. The van der Waals surface area contributed by atoms with E-state index >= 15 is 0 Å². The molecule has 0 radical (unpaired) electrons. The van der Waals surface area contributed by atoms with Gasteiger partial charge in [0.25, 0.3) is 0 Å². The number of benzene rings is 9. The van der Waals surface area contributed by atoms with E-state index in [1.54, 1.807) is 0 Å². The van der Waals surface area contributed by atoms with Gasteiger partial charge in [0.2, 0.25) is 0 Å². The van der Waals surface area contributed by atoms with Crippen LogP contribution in [-0.4, -0.2) is 4.57 Å². The van der Waals surface area contributed by atoms with E-state index in [0.717, 1.165) is 22.7 Å². The van der Waals surface area contributed by atoms with Crippen molar-refractivity contribution in [3.05, 3.63) is 240 Å². The summed E-state index contributed by atoms with van der Waals surface area (Å²) in [4.78, 5) is 2.49. The van der Waals surface area contributed by atoms with Gasteiger partial charge in [0.15, 0.2) is 0 Å². The van der Waals surface area contributed by atoms with Gasteiger partial charge in [0.05, 0.1) is 16.4 Å². The average molecular weight is 765 g/mol. The zero-order valence-corrected chi connectivity index (χ0v) is 33.5. The Morgan fingerprint density at radius 3 is 1.40 bits per heavy atom. The van der Waals surface area contributed by atoms with Gasteiger partial charge in [-0.2, -0.15) is 0 Å². The van der Waals surface area contributed by atoms with E-state index in [-0.39, 0.29) is 10.8 Å². The molecule has 60 heavy (non-hydrogen) atoms. The first-order valence-electron chi connectivity index (χ1n) is 21.1. The van der Waals surface area contributed by atoms with Gasteiger partial charge in [-0.3, -0.25) is 0 Å². The second kappa shape index (κ2) is 12.1. The summed E-state index contributed by atoms with van der Waals surface area (Å²) in [5, 5.41) is 2.49. The molecule has 0 aliphatic heterocycles. The van der Waals surface area contributed by atoms with E-state index in [1.807, 2.05) is 0 Å². The van der Waals surface area contributed by atoms with Crippen LogP contribution in [0.15, 0.2) is 206 Å². The van der Waals surface area contributed by atoms with Crippen LogP contribution in [0.25, 0.3) is 60.9 Å². The Morgan fingerprint density at radius 1 is 0.333 bits per heavy atom. The molecule has 0 saturated carbocycles. The molecule has 13 rings (SSSR count). The second-order valence-electron chi connectivity index (χ2n) is 17.2. The van der Waals surface area contributed by atoms with Crippen molar-refractivity contribution in [1.82, 2.24) is 4.57 Å². The van der Waals surface area contributed by atoms with E-state index in [4.69, 9.17) is 0 Å². The lowest BCUT2D eigenvalue weighted by molar-refractivity contribution is 0.660. The predicted molar refractivity (Wildman–Crippen MR) is 249 cm³/mol. The maximum atomic E-state index is 2.49. The van der Waals surface area contributed by atoms with Crippen molar-refractivity contribution in [3.63, 3.8) is 0 Å². The molecule has 2 heteroatoms. The summed E-state index contributed by atoms with van der Waals surface area (Å²) in [5.74, 6) is 0. The average Bonchev–Trinajstić information content (AvgIpc) is 3.97. The highest BCUT2D eigenvalue weighted by Gasteiger charge is 2.51. The van der Waals surface area contributed by atoms with Crippen LogP contribution in [-0.2, 0) is 10.8 Å². The summed E-state index contributed by atoms with van der Waals surface area (Å²) < 4.78 is 2.42. The van der Waals surface area contributed by atoms with Gasteiger partial charge in [0, 0.05) is 38.9 Å². The minimum absolute atomic E-state index is 0.0791. The molecule has 1 spiro atoms. The molecule has 282 valence electrons. The molecule has 1 aromatic heterocycles. The highest BCUT2D eigenvalue weighted by atomic mass is 15.1. The van der Waals surface area contributed by atoms with Crippen LogP contribution >= 0.6 is 0 Å². The maximum Gasteiger partial charge on any atom is 0.0725 e. The highest BCUT2D eigenvalue weighted by molar-refractivity contribution is 6.10. The molecule has 1 heterocycles. The third-order valence-corrected chi connectivity index (χ3v) is 14.0. The van der Waals surface area contributed by atoms with E-state index in [2.05, 4.69) is 230 Å². The first-order valence-corrected chi connectivity index (χ1v) is 21.1. The summed E-state index contributed by atoms with van der Waals surface area (Å²) in [7, 11) is 0. The fraction of sp³-hybridized carbons (Fsp3) is 0.0690. The van der Waals surface area contributed by atoms with E-state index in [0.29, 0.717) is 0 Å². The molecule has 0 saturated heterocycles. The minimum atomic E-state index is -0.388. The van der Waals surface area contributed by atoms with Crippen LogP contribution < -0.4 is 4.90 Å². The quantitative estimate of drug-likeness (QED) is 0.173. The number of aromatic nitrogens is 1. The Hall–Kier alpha value is -7.42. The number of rotatable bonds is 4. The Labute approximate surface area is 350 Å². The van der Waals surface area contributed by atoms with Gasteiger partial charge in [-0.05, 0) is 121 Å². The number of fused-ring (bicyclic) bond motifs is 16. The molecule has 0 bridgehead atoms. The predicted octanol–water partition coefficient (Wildman–Crippen LogP) is 14.9. The lowest BCUT2D eigenvalue weighted by Crippen LogP contribution is -2.25. The van der Waals surface area contributed by atoms with Crippen molar-refractivity contribution in [1.29, 1.82) is 0 Å². The third kappa shape index (κ3) is 4.27. The lowest BCUT2D eigenvalue weighted by Gasteiger charge is -2.31. The SMILES string of the molecule is CC1(C)c2ccccc2-c2cc(N(c3ccc4c(c3)-c3ccccc3C43c4ccccc4-c4ccccc43)c3ccc4c5ccccc5n(-c5ccccc5)c4c3)ccc21. The molecule has 3 aliphatic rings. The molecule has 0 unspecified atom stereocenters. The molecule has 10 aromatic rings. The first-order chi connectivity index (χ1) is 29.5. The molecule has 2 nitrogen and oxygen atoms in total. The summed E-state index contributed by atoms with van der Waals surface area (Å²) in [6.45, 7) is 4.72. The van der Waals surface area contributed by atoms with Crippen molar-refractivity contribution >= 4 is 38.9 Å². The van der Waals surface area contributed by atoms with Crippen LogP contribution in [0.2, 0.25) is 0 Å². The van der Waals surface area contributed by atoms with Gasteiger partial charge in [-0.25, -0.2) is 0 Å². The summed E-state index contributed by atoms with van der Waals surface area (Å²) in [6.07, 6.45) is 0. The number of hydrogen-bond donors (Lipinski definition) is 0. The number of nitrogens with zero attached hydrogens (tertiary/aromatic N) is 2. The van der Waals surface area contributed by atoms with Crippen LogP contribution in [0, 0.1) is 0 Å². The van der Waals surface area contributed by atoms with Crippen molar-refractivity contribution in [2.24, 2.45) is 0 Å². The summed E-state index contributed by atoms with van der Waals surface area (Å²) >= 11 is 0. The Balaban J connectivity index is 1.08. The van der Waals surface area contributed by atoms with Crippen molar-refractivity contribution in [3.8, 4) is 39.1 Å². The maximum absolute atomic E-state index is 2.49. The molecule has 0 fully saturated rings. The lowest BCUT2D eigenvalue weighted by atomic mass is 9.70. The zero-order valence-electron chi connectivity index (χ0n) is 33.5. The second-order valence-corrected chi connectivity index (χ2v) is 17.2. The first kappa shape index (κ1) is 33.5. The molecule has 3 aliphatic carbocycles. The van der Waals surface area contributed by atoms with Crippen LogP contribution in [0.4, 0.5) is 17.1 Å². The fourth-order valence-corrected chi connectivity index (χ4v) is 11.5. The van der Waals surface area contributed by atoms with Gasteiger partial charge >= 0.3 is 0 Å². The molecular weight excluding hydrogens is 725 g/mol. The van der Waals surface area contributed by atoms with E-state index in [9.17, 15) is 0 Å². The van der Waals surface area contributed by atoms with E-state index < -0.39 is 0 Å². The molecule has 0 amide bonds. The summed E-state index contributed by atoms with van der Waals surface area (Å²) in [6, 6.07) is 77.2. The molecule has 0 atom stereocenters. The number of anilines is 3. The fourth-order valence-electron chi connectivity index (χ4n) is 11.5. The standard InChI is InChI=1S/C58H40N2/c1-57(2)49-23-11-6-20-43(49)47-34-38(29-32-50(47)57)59(40-28-31-46-45-22-10-15-27-55(45)60(56(46)36-40)37-16-4-3-5-17-37)39-30-33-54-48(35-39)44-21-9-14-26-53(44)58(54)51-24-12-7-18-41(51)42-19-8-13-25-52(42)58/h3-36H,1-2H3. The van der Waals surface area contributed by atoms with Gasteiger partial charge < -0.3 is 9.47 Å². The third-order valence-electron chi connectivity index (χ3n) is 14.0. The highest BCUT2D eigenvalue weighted by Crippen LogP contribution is 2.63. The monoisotopic (exact) mass is 764 g/mol. The number of para-hydroxylation sites is 2. The molecular formula is C58H40N2. The van der Waals surface area contributed by atoms with Crippen molar-refractivity contribution < 1.29 is 0 Å². The summed E-state index contributed by atoms with van der Waals surface area (Å²) in [5.41, 5.74) is 22.5. The van der Waals surface area contributed by atoms with Gasteiger partial charge in [-0.15, -0.1) is 0 Å². The molecule has 9 aromatic carbocycles.